The van der Waals surface area contributed by atoms with E-state index in [-0.39, 0.29) is 6.10 Å². The van der Waals surface area contributed by atoms with Gasteiger partial charge in [0.25, 0.3) is 0 Å². The second-order valence-electron chi connectivity index (χ2n) is 5.32. The SMILES string of the molecule is CNC1(C#N)CCC(Oc2cccc(N(C)C)c2)C1. The summed E-state index contributed by atoms with van der Waals surface area (Å²) in [6, 6.07) is 10.4. The van der Waals surface area contributed by atoms with Crippen molar-refractivity contribution >= 4 is 5.69 Å². The van der Waals surface area contributed by atoms with Crippen molar-refractivity contribution in [2.24, 2.45) is 0 Å². The van der Waals surface area contributed by atoms with E-state index in [0.29, 0.717) is 0 Å². The maximum atomic E-state index is 9.24. The molecule has 2 rings (SSSR count). The summed E-state index contributed by atoms with van der Waals surface area (Å²) in [7, 11) is 5.87. The van der Waals surface area contributed by atoms with Gasteiger partial charge >= 0.3 is 0 Å². The molecular formula is C15H21N3O. The number of nitrogens with one attached hydrogen (secondary N) is 1. The minimum absolute atomic E-state index is 0.115. The second kappa shape index (κ2) is 5.50. The van der Waals surface area contributed by atoms with Crippen LogP contribution in [-0.4, -0.2) is 32.8 Å². The zero-order valence-electron chi connectivity index (χ0n) is 11.8. The Hall–Kier alpha value is -1.73. The maximum Gasteiger partial charge on any atom is 0.121 e. The number of nitrogens with zero attached hydrogens (tertiary/aromatic N) is 2. The summed E-state index contributed by atoms with van der Waals surface area (Å²) >= 11 is 0. The third-order valence-corrected chi connectivity index (χ3v) is 3.80. The number of ether oxygens (including phenoxy) is 1. The topological polar surface area (TPSA) is 48.3 Å². The molecular weight excluding hydrogens is 238 g/mol. The van der Waals surface area contributed by atoms with Gasteiger partial charge in [-0.3, -0.25) is 0 Å². The van der Waals surface area contributed by atoms with Gasteiger partial charge in [0.05, 0.1) is 6.07 Å². The Morgan fingerprint density at radius 1 is 1.47 bits per heavy atom. The van der Waals surface area contributed by atoms with Gasteiger partial charge in [-0.1, -0.05) is 6.07 Å². The second-order valence-corrected chi connectivity index (χ2v) is 5.32. The number of anilines is 1. The van der Waals surface area contributed by atoms with Crippen molar-refractivity contribution in [2.75, 3.05) is 26.0 Å². The van der Waals surface area contributed by atoms with Gasteiger partial charge in [-0.2, -0.15) is 5.26 Å². The van der Waals surface area contributed by atoms with Gasteiger partial charge in [-0.15, -0.1) is 0 Å². The van der Waals surface area contributed by atoms with E-state index in [1.807, 2.05) is 39.3 Å². The zero-order valence-corrected chi connectivity index (χ0v) is 11.8. The van der Waals surface area contributed by atoms with E-state index in [1.54, 1.807) is 0 Å². The highest BCUT2D eigenvalue weighted by Crippen LogP contribution is 2.32. The van der Waals surface area contributed by atoms with Crippen LogP contribution in [-0.2, 0) is 0 Å². The molecule has 2 atom stereocenters. The van der Waals surface area contributed by atoms with Crippen molar-refractivity contribution in [3.63, 3.8) is 0 Å². The predicted octanol–water partition coefficient (Wildman–Crippen LogP) is 2.17. The Morgan fingerprint density at radius 3 is 2.84 bits per heavy atom. The summed E-state index contributed by atoms with van der Waals surface area (Å²) in [4.78, 5) is 2.05. The van der Waals surface area contributed by atoms with Crippen molar-refractivity contribution < 1.29 is 4.74 Å². The van der Waals surface area contributed by atoms with Gasteiger partial charge in [0.2, 0.25) is 0 Å². The smallest absolute Gasteiger partial charge is 0.121 e. The molecule has 1 aromatic carbocycles. The summed E-state index contributed by atoms with van der Waals surface area (Å²) < 4.78 is 6.01. The summed E-state index contributed by atoms with van der Waals surface area (Å²) in [6.07, 6.45) is 2.62. The average molecular weight is 259 g/mol. The summed E-state index contributed by atoms with van der Waals surface area (Å²) in [5, 5.41) is 12.4. The standard InChI is InChI=1S/C15H21N3O/c1-17-15(11-16)8-7-14(10-15)19-13-6-4-5-12(9-13)18(2)3/h4-6,9,14,17H,7-8,10H2,1-3H3. The van der Waals surface area contributed by atoms with Gasteiger partial charge in [0.1, 0.15) is 17.4 Å². The number of nitriles is 1. The highest BCUT2D eigenvalue weighted by Gasteiger charge is 2.39. The number of hydrogen-bond acceptors (Lipinski definition) is 4. The van der Waals surface area contributed by atoms with E-state index in [4.69, 9.17) is 4.74 Å². The summed E-state index contributed by atoms with van der Waals surface area (Å²) in [5.41, 5.74) is 0.708. The lowest BCUT2D eigenvalue weighted by atomic mass is 10.0. The Labute approximate surface area is 115 Å². The normalized spacial score (nSPS) is 25.9. The van der Waals surface area contributed by atoms with Crippen LogP contribution in [0.2, 0.25) is 0 Å². The Kier molecular flexibility index (Phi) is 3.96. The summed E-state index contributed by atoms with van der Waals surface area (Å²) in [6.45, 7) is 0. The first-order valence-electron chi connectivity index (χ1n) is 6.63. The van der Waals surface area contributed by atoms with Crippen LogP contribution in [0.15, 0.2) is 24.3 Å². The fourth-order valence-electron chi connectivity index (χ4n) is 2.51. The zero-order chi connectivity index (χ0) is 13.9. The largest absolute Gasteiger partial charge is 0.490 e. The van der Waals surface area contributed by atoms with E-state index >= 15 is 0 Å². The van der Waals surface area contributed by atoms with E-state index in [0.717, 1.165) is 30.7 Å². The number of benzene rings is 1. The highest BCUT2D eigenvalue weighted by molar-refractivity contribution is 5.49. The first-order chi connectivity index (χ1) is 9.08. The quantitative estimate of drug-likeness (QED) is 0.900. The first kappa shape index (κ1) is 13.7. The van der Waals surface area contributed by atoms with Crippen molar-refractivity contribution in [3.8, 4) is 11.8 Å². The van der Waals surface area contributed by atoms with Crippen LogP contribution < -0.4 is 15.0 Å². The van der Waals surface area contributed by atoms with E-state index in [1.165, 1.54) is 0 Å². The molecule has 1 aromatic rings. The van der Waals surface area contributed by atoms with Crippen LogP contribution in [0.25, 0.3) is 0 Å². The number of rotatable bonds is 4. The fraction of sp³-hybridized carbons (Fsp3) is 0.533. The molecule has 0 radical (unpaired) electrons. The van der Waals surface area contributed by atoms with Crippen LogP contribution in [0.5, 0.6) is 5.75 Å². The molecule has 2 unspecified atom stereocenters. The van der Waals surface area contributed by atoms with E-state index in [9.17, 15) is 5.26 Å². The van der Waals surface area contributed by atoms with Crippen molar-refractivity contribution in [1.29, 1.82) is 5.26 Å². The molecule has 1 aliphatic carbocycles. The molecule has 4 heteroatoms. The Balaban J connectivity index is 2.03. The van der Waals surface area contributed by atoms with Gasteiger partial charge in [0, 0.05) is 32.3 Å². The molecule has 1 aliphatic rings. The molecule has 0 spiro atoms. The van der Waals surface area contributed by atoms with Crippen molar-refractivity contribution in [3.05, 3.63) is 24.3 Å². The van der Waals surface area contributed by atoms with Crippen LogP contribution in [0, 0.1) is 11.3 Å². The van der Waals surface area contributed by atoms with Gasteiger partial charge in [-0.25, -0.2) is 0 Å². The lowest BCUT2D eigenvalue weighted by Gasteiger charge is -2.20. The number of hydrogen-bond donors (Lipinski definition) is 1. The molecule has 0 bridgehead atoms. The predicted molar refractivity (Wildman–Crippen MR) is 76.4 cm³/mol. The average Bonchev–Trinajstić information content (AvgIpc) is 2.83. The van der Waals surface area contributed by atoms with E-state index in [2.05, 4.69) is 22.4 Å². The first-order valence-corrected chi connectivity index (χ1v) is 6.63. The molecule has 102 valence electrons. The molecule has 0 aromatic heterocycles. The molecule has 1 fully saturated rings. The fourth-order valence-corrected chi connectivity index (χ4v) is 2.51. The lowest BCUT2D eigenvalue weighted by Crippen LogP contribution is -2.39. The third kappa shape index (κ3) is 2.99. The van der Waals surface area contributed by atoms with Gasteiger partial charge in [0.15, 0.2) is 0 Å². The van der Waals surface area contributed by atoms with Crippen LogP contribution in [0.4, 0.5) is 5.69 Å². The van der Waals surface area contributed by atoms with Gasteiger partial charge in [-0.05, 0) is 32.0 Å². The van der Waals surface area contributed by atoms with Crippen LogP contribution in [0.1, 0.15) is 19.3 Å². The Morgan fingerprint density at radius 2 is 2.26 bits per heavy atom. The maximum absolute atomic E-state index is 9.24. The lowest BCUT2D eigenvalue weighted by molar-refractivity contribution is 0.202. The highest BCUT2D eigenvalue weighted by atomic mass is 16.5. The third-order valence-electron chi connectivity index (χ3n) is 3.80. The minimum atomic E-state index is -0.413. The molecule has 1 saturated carbocycles. The van der Waals surface area contributed by atoms with Crippen molar-refractivity contribution in [2.45, 2.75) is 30.9 Å². The Bertz CT molecular complexity index is 481. The monoisotopic (exact) mass is 259 g/mol. The van der Waals surface area contributed by atoms with Crippen LogP contribution in [0.3, 0.4) is 0 Å². The molecule has 19 heavy (non-hydrogen) atoms. The minimum Gasteiger partial charge on any atom is -0.490 e. The summed E-state index contributed by atoms with van der Waals surface area (Å²) in [5.74, 6) is 0.876. The van der Waals surface area contributed by atoms with Gasteiger partial charge < -0.3 is 15.0 Å². The molecule has 0 heterocycles. The molecule has 0 saturated heterocycles. The molecule has 4 nitrogen and oxygen atoms in total. The molecule has 0 aliphatic heterocycles. The van der Waals surface area contributed by atoms with Crippen molar-refractivity contribution in [1.82, 2.24) is 5.32 Å². The van der Waals surface area contributed by atoms with Crippen LogP contribution >= 0.6 is 0 Å². The molecule has 1 N–H and O–H groups in total. The molecule has 0 amide bonds. The van der Waals surface area contributed by atoms with E-state index < -0.39 is 5.54 Å².